The van der Waals surface area contributed by atoms with Crippen molar-refractivity contribution in [2.75, 3.05) is 19.0 Å². The zero-order valence-corrected chi connectivity index (χ0v) is 18.5. The zero-order valence-electron chi connectivity index (χ0n) is 18.5. The average molecular weight is 427 g/mol. The van der Waals surface area contributed by atoms with Crippen molar-refractivity contribution in [1.29, 1.82) is 0 Å². The second kappa shape index (κ2) is 9.10. The van der Waals surface area contributed by atoms with Crippen molar-refractivity contribution in [3.63, 3.8) is 0 Å². The molecule has 1 N–H and O–H groups in total. The van der Waals surface area contributed by atoms with Gasteiger partial charge in [-0.1, -0.05) is 54.1 Å². The van der Waals surface area contributed by atoms with E-state index in [9.17, 15) is 9.59 Å². The molecule has 5 heteroatoms. The van der Waals surface area contributed by atoms with Crippen molar-refractivity contribution in [3.8, 4) is 5.75 Å². The molecule has 0 bridgehead atoms. The van der Waals surface area contributed by atoms with Gasteiger partial charge in [-0.3, -0.25) is 14.5 Å². The molecule has 4 rings (SSSR count). The molecule has 0 saturated carbocycles. The molecule has 0 atom stereocenters. The van der Waals surface area contributed by atoms with Gasteiger partial charge in [-0.05, 0) is 61.2 Å². The highest BCUT2D eigenvalue weighted by molar-refractivity contribution is 6.36. The number of methoxy groups -OCH3 is 1. The minimum Gasteiger partial charge on any atom is -0.497 e. The van der Waals surface area contributed by atoms with Crippen molar-refractivity contribution >= 4 is 23.1 Å². The number of amides is 2. The van der Waals surface area contributed by atoms with Gasteiger partial charge in [0.15, 0.2) is 0 Å². The van der Waals surface area contributed by atoms with Crippen molar-refractivity contribution in [2.24, 2.45) is 0 Å². The average Bonchev–Trinajstić information content (AvgIpc) is 3.02. The summed E-state index contributed by atoms with van der Waals surface area (Å²) in [4.78, 5) is 28.1. The van der Waals surface area contributed by atoms with Crippen LogP contribution in [0.5, 0.6) is 5.75 Å². The first-order chi connectivity index (χ1) is 15.5. The van der Waals surface area contributed by atoms with Gasteiger partial charge in [-0.2, -0.15) is 0 Å². The van der Waals surface area contributed by atoms with Gasteiger partial charge in [0.2, 0.25) is 0 Å². The number of aryl methyl sites for hydroxylation is 2. The van der Waals surface area contributed by atoms with E-state index in [0.717, 1.165) is 33.7 Å². The number of hydrogen-bond donors (Lipinski definition) is 1. The van der Waals surface area contributed by atoms with Gasteiger partial charge in [0.25, 0.3) is 11.8 Å². The summed E-state index contributed by atoms with van der Waals surface area (Å²) >= 11 is 0. The minimum absolute atomic E-state index is 0.275. The van der Waals surface area contributed by atoms with E-state index in [-0.39, 0.29) is 11.8 Å². The molecule has 0 saturated heterocycles. The number of ether oxygens (including phenoxy) is 1. The van der Waals surface area contributed by atoms with Gasteiger partial charge in [-0.15, -0.1) is 0 Å². The maximum absolute atomic E-state index is 13.4. The van der Waals surface area contributed by atoms with Crippen LogP contribution in [0.25, 0.3) is 5.57 Å². The van der Waals surface area contributed by atoms with E-state index >= 15 is 0 Å². The van der Waals surface area contributed by atoms with Gasteiger partial charge < -0.3 is 10.1 Å². The fourth-order valence-corrected chi connectivity index (χ4v) is 3.78. The first kappa shape index (κ1) is 21.4. The van der Waals surface area contributed by atoms with E-state index in [0.29, 0.717) is 24.2 Å². The zero-order chi connectivity index (χ0) is 22.7. The molecule has 162 valence electrons. The van der Waals surface area contributed by atoms with Crippen molar-refractivity contribution in [2.45, 2.75) is 20.3 Å². The van der Waals surface area contributed by atoms with Crippen LogP contribution in [0.3, 0.4) is 0 Å². The highest BCUT2D eigenvalue weighted by Crippen LogP contribution is 2.31. The van der Waals surface area contributed by atoms with E-state index in [1.54, 1.807) is 7.11 Å². The molecule has 0 radical (unpaired) electrons. The lowest BCUT2D eigenvalue weighted by molar-refractivity contribution is -0.136. The van der Waals surface area contributed by atoms with E-state index in [1.165, 1.54) is 4.90 Å². The van der Waals surface area contributed by atoms with Crippen LogP contribution >= 0.6 is 0 Å². The van der Waals surface area contributed by atoms with E-state index in [2.05, 4.69) is 5.32 Å². The molecular formula is C27H26N2O3. The van der Waals surface area contributed by atoms with Crippen molar-refractivity contribution in [1.82, 2.24) is 4.90 Å². The number of hydrogen-bond acceptors (Lipinski definition) is 4. The second-order valence-corrected chi connectivity index (χ2v) is 7.97. The maximum Gasteiger partial charge on any atom is 0.278 e. The Hall–Kier alpha value is -3.86. The highest BCUT2D eigenvalue weighted by atomic mass is 16.5. The molecule has 1 aliphatic rings. The first-order valence-corrected chi connectivity index (χ1v) is 10.6. The Morgan fingerprint density at radius 3 is 2.22 bits per heavy atom. The molecule has 32 heavy (non-hydrogen) atoms. The molecule has 3 aromatic rings. The number of anilines is 1. The van der Waals surface area contributed by atoms with Crippen LogP contribution in [0.4, 0.5) is 5.69 Å². The van der Waals surface area contributed by atoms with Crippen LogP contribution in [0.1, 0.15) is 22.3 Å². The standard InChI is InChI=1S/C27H26N2O3/c1-18-7-11-21(12-8-18)24-25(28-22-6-4-5-19(2)17-22)27(31)29(26(24)30)16-15-20-9-13-23(32-3)14-10-20/h4-14,17,28H,15-16H2,1-3H3. The molecule has 0 unspecified atom stereocenters. The molecular weight excluding hydrogens is 400 g/mol. The summed E-state index contributed by atoms with van der Waals surface area (Å²) in [6.07, 6.45) is 0.570. The lowest BCUT2D eigenvalue weighted by Gasteiger charge is -2.15. The topological polar surface area (TPSA) is 58.6 Å². The van der Waals surface area contributed by atoms with Crippen molar-refractivity contribution in [3.05, 3.63) is 101 Å². The number of benzene rings is 3. The quantitative estimate of drug-likeness (QED) is 0.554. The number of nitrogens with one attached hydrogen (secondary N) is 1. The van der Waals surface area contributed by atoms with Crippen LogP contribution in [0.2, 0.25) is 0 Å². The molecule has 0 spiro atoms. The number of nitrogens with zero attached hydrogens (tertiary/aromatic N) is 1. The summed E-state index contributed by atoms with van der Waals surface area (Å²) in [5.74, 6) is 0.193. The Kier molecular flexibility index (Phi) is 6.08. The molecule has 1 heterocycles. The summed E-state index contributed by atoms with van der Waals surface area (Å²) in [6.45, 7) is 4.29. The SMILES string of the molecule is COc1ccc(CCN2C(=O)C(Nc3cccc(C)c3)=C(c3ccc(C)cc3)C2=O)cc1. The van der Waals surface area contributed by atoms with E-state index < -0.39 is 0 Å². The van der Waals surface area contributed by atoms with Crippen LogP contribution in [-0.4, -0.2) is 30.4 Å². The molecule has 2 amide bonds. The fraction of sp³-hybridized carbons (Fsp3) is 0.185. The predicted octanol–water partition coefficient (Wildman–Crippen LogP) is 4.75. The first-order valence-electron chi connectivity index (χ1n) is 10.6. The van der Waals surface area contributed by atoms with Crippen LogP contribution in [-0.2, 0) is 16.0 Å². The van der Waals surface area contributed by atoms with Crippen LogP contribution in [0, 0.1) is 13.8 Å². The molecule has 0 aliphatic carbocycles. The third-order valence-electron chi connectivity index (χ3n) is 5.58. The molecule has 0 aromatic heterocycles. The summed E-state index contributed by atoms with van der Waals surface area (Å²) in [7, 11) is 1.62. The lowest BCUT2D eigenvalue weighted by atomic mass is 10.0. The largest absolute Gasteiger partial charge is 0.497 e. The maximum atomic E-state index is 13.4. The molecule has 1 aliphatic heterocycles. The number of carbonyl (C=O) groups is 2. The second-order valence-electron chi connectivity index (χ2n) is 7.97. The van der Waals surface area contributed by atoms with Gasteiger partial charge in [0.1, 0.15) is 11.4 Å². The van der Waals surface area contributed by atoms with E-state index in [4.69, 9.17) is 4.74 Å². The van der Waals surface area contributed by atoms with Gasteiger partial charge in [-0.25, -0.2) is 0 Å². The fourth-order valence-electron chi connectivity index (χ4n) is 3.78. The summed E-state index contributed by atoms with van der Waals surface area (Å²) in [6, 6.07) is 23.1. The minimum atomic E-state index is -0.305. The summed E-state index contributed by atoms with van der Waals surface area (Å²) in [5.41, 5.74) is 5.43. The Bertz CT molecular complexity index is 1180. The van der Waals surface area contributed by atoms with Gasteiger partial charge in [0.05, 0.1) is 12.7 Å². The highest BCUT2D eigenvalue weighted by Gasteiger charge is 2.38. The van der Waals surface area contributed by atoms with Crippen LogP contribution in [0.15, 0.2) is 78.5 Å². The Balaban J connectivity index is 1.63. The monoisotopic (exact) mass is 426 g/mol. The molecule has 3 aromatic carbocycles. The van der Waals surface area contributed by atoms with E-state index in [1.807, 2.05) is 86.6 Å². The number of imide groups is 1. The summed E-state index contributed by atoms with van der Waals surface area (Å²) < 4.78 is 5.20. The Morgan fingerprint density at radius 2 is 1.56 bits per heavy atom. The predicted molar refractivity (Wildman–Crippen MR) is 126 cm³/mol. The normalized spacial score (nSPS) is 13.7. The number of carbonyl (C=O) groups excluding carboxylic acids is 2. The molecule has 0 fully saturated rings. The third kappa shape index (κ3) is 4.42. The third-order valence-corrected chi connectivity index (χ3v) is 5.58. The smallest absolute Gasteiger partial charge is 0.278 e. The lowest BCUT2D eigenvalue weighted by Crippen LogP contribution is -2.34. The van der Waals surface area contributed by atoms with Crippen LogP contribution < -0.4 is 10.1 Å². The Labute approximate surface area is 188 Å². The summed E-state index contributed by atoms with van der Waals surface area (Å²) in [5, 5.41) is 3.22. The van der Waals surface area contributed by atoms with Crippen molar-refractivity contribution < 1.29 is 14.3 Å². The van der Waals surface area contributed by atoms with Gasteiger partial charge >= 0.3 is 0 Å². The van der Waals surface area contributed by atoms with Gasteiger partial charge in [0, 0.05) is 12.2 Å². The molecule has 5 nitrogen and oxygen atoms in total. The number of rotatable bonds is 7. The Morgan fingerprint density at radius 1 is 0.844 bits per heavy atom.